The molecule has 0 bridgehead atoms. The van der Waals surface area contributed by atoms with E-state index in [4.69, 9.17) is 0 Å². The van der Waals surface area contributed by atoms with Gasteiger partial charge in [-0.1, -0.05) is 0 Å². The number of amides is 1. The van der Waals surface area contributed by atoms with Gasteiger partial charge in [0.05, 0.1) is 11.7 Å². The predicted molar refractivity (Wildman–Crippen MR) is 121 cm³/mol. The standard InChI is InChI=1S/C23H24N8O2/c1-14-12-15(2)30-23(25-14)27-21(29-30)22(33)26-17-5-7-18(8-6-17)31-20(32)10-9-19(28-31)16-4-3-11-24-13-16/h3-4,9-13,17-18H,5-8H2,1-2H3,(H,26,33). The number of rotatable bonds is 4. The molecule has 4 aromatic rings. The third-order valence-corrected chi connectivity index (χ3v) is 5.98. The van der Waals surface area contributed by atoms with Crippen LogP contribution in [0.2, 0.25) is 0 Å². The van der Waals surface area contributed by atoms with Gasteiger partial charge >= 0.3 is 0 Å². The summed E-state index contributed by atoms with van der Waals surface area (Å²) in [6.45, 7) is 3.78. The molecule has 10 heteroatoms. The number of nitrogens with one attached hydrogen (secondary N) is 1. The maximum atomic E-state index is 12.7. The Morgan fingerprint density at radius 1 is 1.06 bits per heavy atom. The number of carbonyl (C=O) groups excluding carboxylic acids is 1. The summed E-state index contributed by atoms with van der Waals surface area (Å²) in [4.78, 5) is 38.0. The summed E-state index contributed by atoms with van der Waals surface area (Å²) in [7, 11) is 0. The Morgan fingerprint density at radius 3 is 2.64 bits per heavy atom. The third kappa shape index (κ3) is 4.23. The van der Waals surface area contributed by atoms with Crippen molar-refractivity contribution in [2.75, 3.05) is 0 Å². The van der Waals surface area contributed by atoms with E-state index >= 15 is 0 Å². The van der Waals surface area contributed by atoms with Crippen LogP contribution in [0.25, 0.3) is 17.0 Å². The van der Waals surface area contributed by atoms with Crippen LogP contribution in [0.1, 0.15) is 53.7 Å². The quantitative estimate of drug-likeness (QED) is 0.513. The van der Waals surface area contributed by atoms with Gasteiger partial charge in [-0.3, -0.25) is 14.6 Å². The van der Waals surface area contributed by atoms with Crippen molar-refractivity contribution in [1.82, 2.24) is 39.7 Å². The molecule has 1 amide bonds. The zero-order valence-electron chi connectivity index (χ0n) is 18.5. The van der Waals surface area contributed by atoms with Crippen LogP contribution in [0.3, 0.4) is 0 Å². The van der Waals surface area contributed by atoms with E-state index in [-0.39, 0.29) is 29.4 Å². The summed E-state index contributed by atoms with van der Waals surface area (Å²) in [5.41, 5.74) is 3.16. The lowest BCUT2D eigenvalue weighted by Crippen LogP contribution is -2.40. The molecule has 10 nitrogen and oxygen atoms in total. The minimum atomic E-state index is -0.310. The highest BCUT2D eigenvalue weighted by Gasteiger charge is 2.26. The van der Waals surface area contributed by atoms with Gasteiger partial charge in [0.2, 0.25) is 5.82 Å². The molecular formula is C23H24N8O2. The summed E-state index contributed by atoms with van der Waals surface area (Å²) in [5, 5.41) is 11.9. The number of pyridine rings is 1. The first-order valence-corrected chi connectivity index (χ1v) is 11.0. The molecular weight excluding hydrogens is 420 g/mol. The highest BCUT2D eigenvalue weighted by atomic mass is 16.2. The summed E-state index contributed by atoms with van der Waals surface area (Å²) in [5.74, 6) is 0.218. The van der Waals surface area contributed by atoms with Crippen molar-refractivity contribution >= 4 is 11.7 Å². The fraction of sp³-hybridized carbons (Fsp3) is 0.348. The predicted octanol–water partition coefficient (Wildman–Crippen LogP) is 2.27. The van der Waals surface area contributed by atoms with Crippen LogP contribution in [0.5, 0.6) is 0 Å². The lowest BCUT2D eigenvalue weighted by atomic mass is 9.91. The Balaban J connectivity index is 1.26. The van der Waals surface area contributed by atoms with Gasteiger partial charge in [-0.05, 0) is 63.8 Å². The van der Waals surface area contributed by atoms with E-state index in [9.17, 15) is 9.59 Å². The van der Waals surface area contributed by atoms with E-state index in [0.29, 0.717) is 5.78 Å². The zero-order chi connectivity index (χ0) is 22.9. The largest absolute Gasteiger partial charge is 0.347 e. The number of nitrogens with zero attached hydrogens (tertiary/aromatic N) is 7. The first-order chi connectivity index (χ1) is 16.0. The highest BCUT2D eigenvalue weighted by Crippen LogP contribution is 2.27. The molecule has 33 heavy (non-hydrogen) atoms. The van der Waals surface area contributed by atoms with E-state index in [1.165, 1.54) is 0 Å². The van der Waals surface area contributed by atoms with E-state index in [0.717, 1.165) is 48.3 Å². The molecule has 1 aliphatic carbocycles. The van der Waals surface area contributed by atoms with Crippen molar-refractivity contribution in [1.29, 1.82) is 0 Å². The van der Waals surface area contributed by atoms with Gasteiger partial charge < -0.3 is 5.32 Å². The summed E-state index contributed by atoms with van der Waals surface area (Å²) >= 11 is 0. The molecule has 1 saturated carbocycles. The van der Waals surface area contributed by atoms with Crippen molar-refractivity contribution in [2.45, 2.75) is 51.6 Å². The Morgan fingerprint density at radius 2 is 1.88 bits per heavy atom. The van der Waals surface area contributed by atoms with Crippen LogP contribution in [-0.4, -0.2) is 46.3 Å². The molecule has 0 radical (unpaired) electrons. The lowest BCUT2D eigenvalue weighted by molar-refractivity contribution is 0.0911. The van der Waals surface area contributed by atoms with Gasteiger partial charge in [0.1, 0.15) is 0 Å². The topological polar surface area (TPSA) is 120 Å². The number of aromatic nitrogens is 7. The van der Waals surface area contributed by atoms with Crippen LogP contribution in [-0.2, 0) is 0 Å². The maximum Gasteiger partial charge on any atom is 0.291 e. The molecule has 0 aromatic carbocycles. The molecule has 0 spiro atoms. The summed E-state index contributed by atoms with van der Waals surface area (Å²) < 4.78 is 3.15. The van der Waals surface area contributed by atoms with Crippen LogP contribution in [0.4, 0.5) is 0 Å². The highest BCUT2D eigenvalue weighted by molar-refractivity contribution is 5.91. The van der Waals surface area contributed by atoms with Crippen molar-refractivity contribution in [3.63, 3.8) is 0 Å². The SMILES string of the molecule is Cc1cc(C)n2nc(C(=O)NC3CCC(n4nc(-c5cccnc5)ccc4=O)CC3)nc2n1. The monoisotopic (exact) mass is 444 g/mol. The van der Waals surface area contributed by atoms with Crippen LogP contribution in [0, 0.1) is 13.8 Å². The van der Waals surface area contributed by atoms with Crippen molar-refractivity contribution in [2.24, 2.45) is 0 Å². The second-order valence-corrected chi connectivity index (χ2v) is 8.41. The van der Waals surface area contributed by atoms with Gasteiger partial charge in [-0.25, -0.2) is 14.2 Å². The molecule has 4 aromatic heterocycles. The average molecular weight is 444 g/mol. The molecule has 4 heterocycles. The molecule has 0 saturated heterocycles. The molecule has 168 valence electrons. The van der Waals surface area contributed by atoms with Gasteiger partial charge in [-0.15, -0.1) is 5.10 Å². The Bertz CT molecular complexity index is 1370. The van der Waals surface area contributed by atoms with Crippen molar-refractivity contribution < 1.29 is 4.79 Å². The van der Waals surface area contributed by atoms with Gasteiger partial charge in [0, 0.05) is 41.5 Å². The Labute approximate surface area is 189 Å². The number of carbonyl (C=O) groups is 1. The lowest BCUT2D eigenvalue weighted by Gasteiger charge is -2.29. The first kappa shape index (κ1) is 20.9. The number of hydrogen-bond acceptors (Lipinski definition) is 7. The second-order valence-electron chi connectivity index (χ2n) is 8.41. The molecule has 5 rings (SSSR count). The van der Waals surface area contributed by atoms with Crippen LogP contribution >= 0.6 is 0 Å². The van der Waals surface area contributed by atoms with Gasteiger partial charge in [0.25, 0.3) is 17.2 Å². The van der Waals surface area contributed by atoms with Crippen molar-refractivity contribution in [3.8, 4) is 11.3 Å². The van der Waals surface area contributed by atoms with Crippen LogP contribution < -0.4 is 10.9 Å². The number of aryl methyl sites for hydroxylation is 2. The third-order valence-electron chi connectivity index (χ3n) is 5.98. The fourth-order valence-electron chi connectivity index (χ4n) is 4.33. The smallest absolute Gasteiger partial charge is 0.291 e. The fourth-order valence-corrected chi connectivity index (χ4v) is 4.33. The molecule has 0 unspecified atom stereocenters. The van der Waals surface area contributed by atoms with Gasteiger partial charge in [-0.2, -0.15) is 10.1 Å². The Hall–Kier alpha value is -3.95. The normalized spacial score (nSPS) is 18.4. The van der Waals surface area contributed by atoms with Gasteiger partial charge in [0.15, 0.2) is 0 Å². The minimum Gasteiger partial charge on any atom is -0.347 e. The number of fused-ring (bicyclic) bond motifs is 1. The molecule has 1 aliphatic rings. The Kier molecular flexibility index (Phi) is 5.41. The molecule has 0 atom stereocenters. The van der Waals surface area contributed by atoms with E-state index < -0.39 is 0 Å². The minimum absolute atomic E-state index is 0.00615. The molecule has 0 aliphatic heterocycles. The van der Waals surface area contributed by atoms with E-state index in [1.54, 1.807) is 33.7 Å². The average Bonchev–Trinajstić information content (AvgIpc) is 3.25. The zero-order valence-corrected chi connectivity index (χ0v) is 18.5. The second kappa shape index (κ2) is 8.53. The first-order valence-electron chi connectivity index (χ1n) is 11.0. The van der Waals surface area contributed by atoms with E-state index in [1.807, 2.05) is 32.0 Å². The maximum absolute atomic E-state index is 12.7. The van der Waals surface area contributed by atoms with Crippen molar-refractivity contribution in [3.05, 3.63) is 70.3 Å². The van der Waals surface area contributed by atoms with Crippen LogP contribution in [0.15, 0.2) is 47.5 Å². The summed E-state index contributed by atoms with van der Waals surface area (Å²) in [6.07, 6.45) is 6.40. The number of hydrogen-bond donors (Lipinski definition) is 1. The van der Waals surface area contributed by atoms with E-state index in [2.05, 4.69) is 30.5 Å². The molecule has 1 fully saturated rings. The summed E-state index contributed by atoms with van der Waals surface area (Å²) in [6, 6.07) is 8.92. The molecule has 1 N–H and O–H groups in total.